The lowest BCUT2D eigenvalue weighted by molar-refractivity contribution is 0.0762. The van der Waals surface area contributed by atoms with Gasteiger partial charge < -0.3 is 15.5 Å². The van der Waals surface area contributed by atoms with Crippen LogP contribution in [0.15, 0.2) is 79.0 Å². The van der Waals surface area contributed by atoms with Crippen molar-refractivity contribution in [3.05, 3.63) is 101 Å². The van der Waals surface area contributed by atoms with Gasteiger partial charge in [0.15, 0.2) is 0 Å². The van der Waals surface area contributed by atoms with Crippen molar-refractivity contribution >= 4 is 29.1 Å². The van der Waals surface area contributed by atoms with Crippen LogP contribution in [0.25, 0.3) is 11.3 Å². The van der Waals surface area contributed by atoms with E-state index in [2.05, 4.69) is 43.3 Å². The second-order valence-electron chi connectivity index (χ2n) is 11.5. The van der Waals surface area contributed by atoms with Gasteiger partial charge in [0.1, 0.15) is 0 Å². The molecule has 0 saturated heterocycles. The van der Waals surface area contributed by atoms with Crippen LogP contribution in [-0.4, -0.2) is 39.8 Å². The summed E-state index contributed by atoms with van der Waals surface area (Å²) in [5.41, 5.74) is 6.53. The minimum Gasteiger partial charge on any atom is -0.339 e. The zero-order chi connectivity index (χ0) is 30.3. The van der Waals surface area contributed by atoms with Crippen LogP contribution in [0.5, 0.6) is 0 Å². The Labute approximate surface area is 249 Å². The van der Waals surface area contributed by atoms with Gasteiger partial charge >= 0.3 is 0 Å². The number of hydrogen-bond donors (Lipinski definition) is 2. The normalized spacial score (nSPS) is 11.2. The third-order valence-electron chi connectivity index (χ3n) is 7.37. The third kappa shape index (κ3) is 7.40. The predicted octanol–water partition coefficient (Wildman–Crippen LogP) is 8.01. The van der Waals surface area contributed by atoms with Gasteiger partial charge in [-0.15, -0.1) is 0 Å². The van der Waals surface area contributed by atoms with E-state index in [9.17, 15) is 9.59 Å². The largest absolute Gasteiger partial charge is 0.339 e. The molecule has 7 nitrogen and oxygen atoms in total. The van der Waals surface area contributed by atoms with Crippen LogP contribution < -0.4 is 10.6 Å². The molecule has 4 aromatic rings. The number of benzene rings is 3. The molecule has 0 unspecified atom stereocenters. The molecule has 0 aliphatic rings. The maximum atomic E-state index is 13.0. The van der Waals surface area contributed by atoms with Gasteiger partial charge in [0.25, 0.3) is 11.8 Å². The van der Waals surface area contributed by atoms with Crippen LogP contribution in [0.2, 0.25) is 0 Å². The maximum Gasteiger partial charge on any atom is 0.255 e. The van der Waals surface area contributed by atoms with Gasteiger partial charge in [0.2, 0.25) is 5.95 Å². The fraction of sp³-hybridized carbons (Fsp3) is 0.314. The molecule has 0 aliphatic carbocycles. The van der Waals surface area contributed by atoms with Crippen molar-refractivity contribution in [2.75, 3.05) is 23.7 Å². The summed E-state index contributed by atoms with van der Waals surface area (Å²) in [6.07, 6.45) is 3.75. The van der Waals surface area contributed by atoms with Crippen LogP contribution in [0, 0.1) is 6.92 Å². The Hall–Kier alpha value is -4.52. The molecule has 1 aromatic heterocycles. The standard InChI is InChI=1S/C35H41N5O2/c1-7-9-23-40(8-2)33(42)26-15-19-28(20-16-26)37-34-36-22-21-31(39-34)29-11-10-12-30(24(29)3)38-32(41)25-13-17-27(18-14-25)35(4,5)6/h10-22H,7-9,23H2,1-6H3,(H,38,41)(H,36,37,39). The van der Waals surface area contributed by atoms with E-state index in [-0.39, 0.29) is 17.2 Å². The molecular weight excluding hydrogens is 522 g/mol. The Morgan fingerprint density at radius 1 is 0.881 bits per heavy atom. The average molecular weight is 564 g/mol. The highest BCUT2D eigenvalue weighted by Crippen LogP contribution is 2.29. The lowest BCUT2D eigenvalue weighted by Gasteiger charge is -2.20. The SMILES string of the molecule is CCCCN(CC)C(=O)c1ccc(Nc2nccc(-c3cccc(NC(=O)c4ccc(C(C)(C)C)cc4)c3C)n2)cc1. The number of carbonyl (C=O) groups is 2. The van der Waals surface area contributed by atoms with E-state index in [1.807, 2.05) is 91.5 Å². The number of unbranched alkanes of at least 4 members (excludes halogenated alkanes) is 1. The van der Waals surface area contributed by atoms with E-state index >= 15 is 0 Å². The Bertz CT molecular complexity index is 1520. The summed E-state index contributed by atoms with van der Waals surface area (Å²) in [4.78, 5) is 36.9. The van der Waals surface area contributed by atoms with Crippen molar-refractivity contribution in [2.24, 2.45) is 0 Å². The lowest BCUT2D eigenvalue weighted by atomic mass is 9.86. The minimum absolute atomic E-state index is 0.0260. The van der Waals surface area contributed by atoms with Gasteiger partial charge in [-0.2, -0.15) is 0 Å². The fourth-order valence-electron chi connectivity index (χ4n) is 4.69. The topological polar surface area (TPSA) is 87.2 Å². The van der Waals surface area contributed by atoms with Crippen LogP contribution in [0.1, 0.15) is 79.3 Å². The smallest absolute Gasteiger partial charge is 0.255 e. The quantitative estimate of drug-likeness (QED) is 0.204. The zero-order valence-electron chi connectivity index (χ0n) is 25.5. The van der Waals surface area contributed by atoms with Crippen molar-refractivity contribution in [1.29, 1.82) is 0 Å². The van der Waals surface area contributed by atoms with Crippen LogP contribution in [0.4, 0.5) is 17.3 Å². The molecule has 0 bridgehead atoms. The molecule has 1 heterocycles. The van der Waals surface area contributed by atoms with Gasteiger partial charge in [-0.3, -0.25) is 9.59 Å². The first-order valence-corrected chi connectivity index (χ1v) is 14.6. The van der Waals surface area contributed by atoms with E-state index in [4.69, 9.17) is 4.98 Å². The molecule has 218 valence electrons. The molecule has 0 spiro atoms. The minimum atomic E-state index is -0.157. The first kappa shape index (κ1) is 30.4. The molecule has 0 atom stereocenters. The first-order chi connectivity index (χ1) is 20.1. The number of rotatable bonds is 10. The van der Waals surface area contributed by atoms with E-state index in [1.165, 1.54) is 5.56 Å². The van der Waals surface area contributed by atoms with E-state index < -0.39 is 0 Å². The molecule has 3 aromatic carbocycles. The summed E-state index contributed by atoms with van der Waals surface area (Å²) in [7, 11) is 0. The number of nitrogens with one attached hydrogen (secondary N) is 2. The highest BCUT2D eigenvalue weighted by atomic mass is 16.2. The monoisotopic (exact) mass is 563 g/mol. The molecule has 4 rings (SSSR count). The van der Waals surface area contributed by atoms with Crippen molar-refractivity contribution < 1.29 is 9.59 Å². The Balaban J connectivity index is 1.47. The second kappa shape index (κ2) is 13.4. The molecule has 2 amide bonds. The fourth-order valence-corrected chi connectivity index (χ4v) is 4.69. The van der Waals surface area contributed by atoms with E-state index in [0.29, 0.717) is 23.6 Å². The Morgan fingerprint density at radius 2 is 1.57 bits per heavy atom. The van der Waals surface area contributed by atoms with Gasteiger partial charge in [0, 0.05) is 47.4 Å². The Morgan fingerprint density at radius 3 is 2.21 bits per heavy atom. The van der Waals surface area contributed by atoms with E-state index in [1.54, 1.807) is 6.20 Å². The summed E-state index contributed by atoms with van der Waals surface area (Å²) >= 11 is 0. The van der Waals surface area contributed by atoms with Gasteiger partial charge in [-0.05, 0) is 85.3 Å². The number of anilines is 3. The van der Waals surface area contributed by atoms with E-state index in [0.717, 1.165) is 47.6 Å². The van der Waals surface area contributed by atoms with Crippen molar-refractivity contribution in [3.8, 4) is 11.3 Å². The highest BCUT2D eigenvalue weighted by molar-refractivity contribution is 6.05. The van der Waals surface area contributed by atoms with Gasteiger partial charge in [-0.1, -0.05) is 58.4 Å². The summed E-state index contributed by atoms with van der Waals surface area (Å²) in [6, 6.07) is 22.8. The highest BCUT2D eigenvalue weighted by Gasteiger charge is 2.16. The number of nitrogens with zero attached hydrogens (tertiary/aromatic N) is 3. The van der Waals surface area contributed by atoms with Crippen molar-refractivity contribution in [1.82, 2.24) is 14.9 Å². The maximum absolute atomic E-state index is 13.0. The number of hydrogen-bond acceptors (Lipinski definition) is 5. The van der Waals surface area contributed by atoms with Crippen LogP contribution in [-0.2, 0) is 5.41 Å². The lowest BCUT2D eigenvalue weighted by Crippen LogP contribution is -2.31. The summed E-state index contributed by atoms with van der Waals surface area (Å²) < 4.78 is 0. The molecular formula is C35H41N5O2. The summed E-state index contributed by atoms with van der Waals surface area (Å²) in [5, 5.41) is 6.30. The van der Waals surface area contributed by atoms with Gasteiger partial charge in [-0.25, -0.2) is 9.97 Å². The number of amides is 2. The average Bonchev–Trinajstić information content (AvgIpc) is 2.98. The first-order valence-electron chi connectivity index (χ1n) is 14.6. The number of carbonyl (C=O) groups excluding carboxylic acids is 2. The zero-order valence-corrected chi connectivity index (χ0v) is 25.5. The third-order valence-corrected chi connectivity index (χ3v) is 7.37. The summed E-state index contributed by atoms with van der Waals surface area (Å²) in [5.74, 6) is 0.327. The number of aromatic nitrogens is 2. The van der Waals surface area contributed by atoms with Gasteiger partial charge in [0.05, 0.1) is 5.69 Å². The molecule has 7 heteroatoms. The van der Waals surface area contributed by atoms with Crippen molar-refractivity contribution in [3.63, 3.8) is 0 Å². The Kier molecular flexibility index (Phi) is 9.73. The van der Waals surface area contributed by atoms with Crippen LogP contribution >= 0.6 is 0 Å². The molecule has 0 radical (unpaired) electrons. The molecule has 0 saturated carbocycles. The summed E-state index contributed by atoms with van der Waals surface area (Å²) in [6.45, 7) is 14.0. The van der Waals surface area contributed by atoms with Crippen LogP contribution in [0.3, 0.4) is 0 Å². The molecule has 2 N–H and O–H groups in total. The molecule has 0 aliphatic heterocycles. The molecule has 42 heavy (non-hydrogen) atoms. The molecule has 0 fully saturated rings. The second-order valence-corrected chi connectivity index (χ2v) is 11.5. The van der Waals surface area contributed by atoms with Crippen molar-refractivity contribution in [2.45, 2.75) is 59.8 Å². The predicted molar refractivity (Wildman–Crippen MR) is 172 cm³/mol.